The van der Waals surface area contributed by atoms with Gasteiger partial charge in [-0.15, -0.1) is 0 Å². The molecule has 0 saturated heterocycles. The smallest absolute Gasteiger partial charge is 0.257 e. The van der Waals surface area contributed by atoms with Crippen molar-refractivity contribution in [3.63, 3.8) is 0 Å². The highest BCUT2D eigenvalue weighted by atomic mass is 32.2. The molecule has 0 fully saturated rings. The van der Waals surface area contributed by atoms with Crippen LogP contribution < -0.4 is 15.6 Å². The summed E-state index contributed by atoms with van der Waals surface area (Å²) in [6, 6.07) is 13.8. The maximum Gasteiger partial charge on any atom is 0.257 e. The summed E-state index contributed by atoms with van der Waals surface area (Å²) < 4.78 is 5.24. The minimum atomic E-state index is -0.742. The van der Waals surface area contributed by atoms with Crippen LogP contribution >= 0.6 is 11.8 Å². The molecule has 0 spiro atoms. The number of ether oxygens (including phenoxy) is 1. The summed E-state index contributed by atoms with van der Waals surface area (Å²) in [4.78, 5) is 47.2. The number of thioether (sulfide) groups is 1. The van der Waals surface area contributed by atoms with E-state index >= 15 is 0 Å². The van der Waals surface area contributed by atoms with Gasteiger partial charge in [0.15, 0.2) is 10.9 Å². The molecule has 7 nitrogen and oxygen atoms in total. The van der Waals surface area contributed by atoms with Crippen LogP contribution in [0.2, 0.25) is 0 Å². The van der Waals surface area contributed by atoms with Crippen molar-refractivity contribution < 1.29 is 14.3 Å². The van der Waals surface area contributed by atoms with E-state index in [9.17, 15) is 14.4 Å². The molecule has 31 heavy (non-hydrogen) atoms. The Morgan fingerprint density at radius 2 is 1.65 bits per heavy atom. The third-order valence-electron chi connectivity index (χ3n) is 5.55. The topological polar surface area (TPSA) is 101 Å². The number of nitrogens with zero attached hydrogens (tertiary/aromatic N) is 1. The van der Waals surface area contributed by atoms with Crippen LogP contribution in [0.1, 0.15) is 37.8 Å². The first-order valence-electron chi connectivity index (χ1n) is 9.55. The second-order valence-corrected chi connectivity index (χ2v) is 7.96. The Balaban J connectivity index is 1.80. The number of anilines is 1. The third kappa shape index (κ3) is 2.90. The average molecular weight is 431 g/mol. The number of Topliss-reactive ketones (excluding diaryl/α,β-unsaturated/α-hetero) is 2. The molecule has 1 aromatic heterocycles. The second-order valence-electron chi connectivity index (χ2n) is 7.16. The zero-order chi connectivity index (χ0) is 21.7. The fourth-order valence-electron chi connectivity index (χ4n) is 4.11. The lowest BCUT2D eigenvalue weighted by molar-refractivity contribution is 0.0971. The van der Waals surface area contributed by atoms with Gasteiger partial charge in [-0.2, -0.15) is 0 Å². The van der Waals surface area contributed by atoms with E-state index in [1.807, 2.05) is 0 Å². The summed E-state index contributed by atoms with van der Waals surface area (Å²) in [5.74, 6) is -0.379. The number of hydrogen-bond acceptors (Lipinski definition) is 7. The minimum Gasteiger partial charge on any atom is -0.497 e. The van der Waals surface area contributed by atoms with Gasteiger partial charge in [-0.1, -0.05) is 48.2 Å². The molecule has 1 aliphatic carbocycles. The van der Waals surface area contributed by atoms with E-state index in [0.717, 1.165) is 0 Å². The van der Waals surface area contributed by atoms with E-state index in [4.69, 9.17) is 4.74 Å². The Morgan fingerprint density at radius 1 is 0.968 bits per heavy atom. The van der Waals surface area contributed by atoms with Gasteiger partial charge in [0.1, 0.15) is 11.6 Å². The summed E-state index contributed by atoms with van der Waals surface area (Å²) in [7, 11) is 1.56. The minimum absolute atomic E-state index is 0.169. The van der Waals surface area contributed by atoms with Crippen LogP contribution in [-0.4, -0.2) is 34.9 Å². The number of rotatable bonds is 3. The quantitative estimate of drug-likeness (QED) is 0.484. The molecule has 8 heteroatoms. The van der Waals surface area contributed by atoms with E-state index in [-0.39, 0.29) is 34.2 Å². The van der Waals surface area contributed by atoms with Crippen molar-refractivity contribution >= 4 is 29.1 Å². The molecular formula is C23H17N3O4S. The van der Waals surface area contributed by atoms with Gasteiger partial charge in [0.2, 0.25) is 5.78 Å². The molecule has 154 valence electrons. The van der Waals surface area contributed by atoms with Gasteiger partial charge in [0, 0.05) is 22.6 Å². The first-order valence-corrected chi connectivity index (χ1v) is 10.8. The van der Waals surface area contributed by atoms with E-state index < -0.39 is 5.92 Å². The highest BCUT2D eigenvalue weighted by Crippen LogP contribution is 2.44. The Bertz CT molecular complexity index is 1340. The zero-order valence-electron chi connectivity index (χ0n) is 16.7. The fraction of sp³-hybridized carbons (Fsp3) is 0.130. The second kappa shape index (κ2) is 7.24. The first kappa shape index (κ1) is 19.3. The number of aromatic amines is 1. The molecule has 0 unspecified atom stereocenters. The number of nitrogens with one attached hydrogen (secondary N) is 2. The lowest BCUT2D eigenvalue weighted by Crippen LogP contribution is -2.36. The lowest BCUT2D eigenvalue weighted by atomic mass is 9.74. The Morgan fingerprint density at radius 3 is 2.29 bits per heavy atom. The SMILES string of the molecule is COc1ccc([C@H]2C3=C(Nc4nc(SC)[nH]c(=O)c42)C(=O)c2ccccc2C3=O)cc1. The normalized spacial score (nSPS) is 16.9. The highest BCUT2D eigenvalue weighted by Gasteiger charge is 2.42. The number of allylic oxidation sites excluding steroid dienone is 2. The molecule has 0 bridgehead atoms. The molecule has 1 atom stereocenters. The average Bonchev–Trinajstić information content (AvgIpc) is 2.81. The van der Waals surface area contributed by atoms with Crippen LogP contribution in [0.3, 0.4) is 0 Å². The van der Waals surface area contributed by atoms with Gasteiger partial charge < -0.3 is 15.0 Å². The number of carbonyl (C=O) groups is 2. The summed E-state index contributed by atoms with van der Waals surface area (Å²) in [6.07, 6.45) is 1.80. The first-order chi connectivity index (χ1) is 15.0. The fourth-order valence-corrected chi connectivity index (χ4v) is 4.49. The Kier molecular flexibility index (Phi) is 4.51. The molecule has 0 amide bonds. The lowest BCUT2D eigenvalue weighted by Gasteiger charge is -2.32. The molecular weight excluding hydrogens is 414 g/mol. The largest absolute Gasteiger partial charge is 0.497 e. The Labute approximate surface area is 181 Å². The summed E-state index contributed by atoms with van der Waals surface area (Å²) in [6.45, 7) is 0. The van der Waals surface area contributed by atoms with E-state index in [2.05, 4.69) is 15.3 Å². The van der Waals surface area contributed by atoms with Crippen LogP contribution in [-0.2, 0) is 0 Å². The van der Waals surface area contributed by atoms with Crippen LogP contribution in [0, 0.1) is 0 Å². The molecule has 2 heterocycles. The molecule has 2 aliphatic rings. The van der Waals surface area contributed by atoms with Crippen LogP contribution in [0.5, 0.6) is 5.75 Å². The van der Waals surface area contributed by atoms with Crippen LogP contribution in [0.4, 0.5) is 5.82 Å². The number of methoxy groups -OCH3 is 1. The van der Waals surface area contributed by atoms with Crippen molar-refractivity contribution in [1.29, 1.82) is 0 Å². The molecule has 1 aliphatic heterocycles. The van der Waals surface area contributed by atoms with E-state index in [1.54, 1.807) is 61.9 Å². The molecule has 5 rings (SSSR count). The molecule has 2 N–H and O–H groups in total. The number of H-pyrrole nitrogens is 1. The van der Waals surface area contributed by atoms with Crippen molar-refractivity contribution in [2.24, 2.45) is 0 Å². The maximum atomic E-state index is 13.5. The number of ketones is 2. The van der Waals surface area contributed by atoms with Crippen molar-refractivity contribution in [3.8, 4) is 5.75 Å². The van der Waals surface area contributed by atoms with Gasteiger partial charge in [-0.25, -0.2) is 4.98 Å². The Hall–Kier alpha value is -3.65. The molecule has 0 saturated carbocycles. The maximum absolute atomic E-state index is 13.5. The number of carbonyl (C=O) groups excluding carboxylic acids is 2. The van der Waals surface area contributed by atoms with Crippen molar-refractivity contribution in [3.05, 3.63) is 92.4 Å². The predicted molar refractivity (Wildman–Crippen MR) is 117 cm³/mol. The predicted octanol–water partition coefficient (Wildman–Crippen LogP) is 3.39. The molecule has 0 radical (unpaired) electrons. The number of fused-ring (bicyclic) bond motifs is 2. The van der Waals surface area contributed by atoms with Gasteiger partial charge in [0.25, 0.3) is 5.56 Å². The van der Waals surface area contributed by atoms with Gasteiger partial charge in [0.05, 0.1) is 18.4 Å². The van der Waals surface area contributed by atoms with E-state index in [1.165, 1.54) is 11.8 Å². The van der Waals surface area contributed by atoms with Gasteiger partial charge in [-0.3, -0.25) is 14.4 Å². The number of aromatic nitrogens is 2. The van der Waals surface area contributed by atoms with Crippen molar-refractivity contribution in [2.75, 3.05) is 18.7 Å². The monoisotopic (exact) mass is 431 g/mol. The van der Waals surface area contributed by atoms with Crippen molar-refractivity contribution in [2.45, 2.75) is 11.1 Å². The van der Waals surface area contributed by atoms with Crippen LogP contribution in [0.25, 0.3) is 0 Å². The zero-order valence-corrected chi connectivity index (χ0v) is 17.5. The number of benzene rings is 2. The summed E-state index contributed by atoms with van der Waals surface area (Å²) >= 11 is 1.29. The van der Waals surface area contributed by atoms with Gasteiger partial charge in [-0.05, 0) is 24.0 Å². The van der Waals surface area contributed by atoms with E-state index in [0.29, 0.717) is 33.2 Å². The summed E-state index contributed by atoms with van der Waals surface area (Å²) in [5.41, 5.74) is 1.75. The van der Waals surface area contributed by atoms with Gasteiger partial charge >= 0.3 is 0 Å². The van der Waals surface area contributed by atoms with Crippen molar-refractivity contribution in [1.82, 2.24) is 9.97 Å². The van der Waals surface area contributed by atoms with Crippen LogP contribution in [0.15, 0.2) is 69.8 Å². The number of hydrogen-bond donors (Lipinski definition) is 2. The summed E-state index contributed by atoms with van der Waals surface area (Å²) in [5, 5.41) is 3.42. The highest BCUT2D eigenvalue weighted by molar-refractivity contribution is 7.98. The molecule has 3 aromatic rings. The third-order valence-corrected chi connectivity index (χ3v) is 6.13. The standard InChI is InChI=1S/C23H17N3O4S/c1-30-12-9-7-11(8-10-12)15-16-18(20(28)14-6-4-3-5-13(14)19(16)27)24-21-17(15)22(29)26-23(25-21)31-2/h3-10,15H,1-2H3,(H2,24,25,26,29)/t15-/m0/s1. The molecule has 2 aromatic carbocycles.